The lowest BCUT2D eigenvalue weighted by Crippen LogP contribution is -2.49. The monoisotopic (exact) mass is 1010 g/mol. The van der Waals surface area contributed by atoms with Crippen LogP contribution in [0.25, 0.3) is 0 Å². The highest BCUT2D eigenvalue weighted by Gasteiger charge is 2.48. The van der Waals surface area contributed by atoms with Gasteiger partial charge in [0.25, 0.3) is 5.91 Å². The van der Waals surface area contributed by atoms with E-state index in [0.29, 0.717) is 47.0 Å². The predicted octanol–water partition coefficient (Wildman–Crippen LogP) is 10.0. The number of amides is 4. The van der Waals surface area contributed by atoms with Crippen LogP contribution in [0.2, 0.25) is 0 Å². The molecule has 0 saturated carbocycles. The van der Waals surface area contributed by atoms with E-state index in [9.17, 15) is 24.0 Å². The summed E-state index contributed by atoms with van der Waals surface area (Å²) in [6.45, 7) is 20.4. The summed E-state index contributed by atoms with van der Waals surface area (Å²) in [5.74, 6) is -2.93. The van der Waals surface area contributed by atoms with Gasteiger partial charge >= 0.3 is 0 Å². The first-order valence-electron chi connectivity index (χ1n) is 26.5. The SMILES string of the molecule is C=O.CCCC.CCCCCN(CCCCC)C(=O)C(C)C1C(=O)C(C(=O)N(C)CC(=O)NCc2c(OC)cc(C)cc2OC)C(C)c2ccc(OCc3ccc(C(=O)N4CCCC4C)cc3)cc21.CN(C)C. The molecule has 3 aromatic carbocycles. The topological polar surface area (TPSA) is 155 Å². The number of methoxy groups -OCH3 is 2. The van der Waals surface area contributed by atoms with Gasteiger partial charge < -0.3 is 43.9 Å². The number of ketones is 1. The zero-order chi connectivity index (χ0) is 54.8. The van der Waals surface area contributed by atoms with Gasteiger partial charge in [0, 0.05) is 44.2 Å². The molecule has 2 aliphatic rings. The zero-order valence-electron chi connectivity index (χ0n) is 47.1. The minimum atomic E-state index is -1.11. The quantitative estimate of drug-likeness (QED) is 0.0760. The van der Waals surface area contributed by atoms with E-state index >= 15 is 0 Å². The maximum atomic E-state index is 15.0. The summed E-state index contributed by atoms with van der Waals surface area (Å²) in [5.41, 5.74) is 4.61. The molecule has 4 amide bonds. The van der Waals surface area contributed by atoms with Gasteiger partial charge in [-0.05, 0) is 125 Å². The molecular formula is C59H91N5O9. The van der Waals surface area contributed by atoms with E-state index < -0.39 is 35.5 Å². The summed E-state index contributed by atoms with van der Waals surface area (Å²) < 4.78 is 17.4. The van der Waals surface area contributed by atoms with Gasteiger partial charge in [-0.3, -0.25) is 24.0 Å². The Labute approximate surface area is 438 Å². The Kier molecular flexibility index (Phi) is 28.8. The van der Waals surface area contributed by atoms with Crippen LogP contribution in [0.15, 0.2) is 54.6 Å². The van der Waals surface area contributed by atoms with Gasteiger partial charge in [0.05, 0.1) is 38.8 Å². The van der Waals surface area contributed by atoms with Crippen LogP contribution in [0.3, 0.4) is 0 Å². The number of nitrogens with one attached hydrogen (secondary N) is 1. The number of aryl methyl sites for hydroxylation is 1. The molecule has 0 spiro atoms. The number of hydrogen-bond acceptors (Lipinski definition) is 10. The Morgan fingerprint density at radius 3 is 1.85 bits per heavy atom. The number of Topliss-reactive ketones (excluding diaryl/α,β-unsaturated/α-hetero) is 1. The third-order valence-electron chi connectivity index (χ3n) is 13.4. The van der Waals surface area contributed by atoms with Crippen LogP contribution in [0, 0.1) is 18.8 Å². The second-order valence-electron chi connectivity index (χ2n) is 19.9. The molecule has 1 saturated heterocycles. The van der Waals surface area contributed by atoms with Crippen LogP contribution in [0.5, 0.6) is 17.2 Å². The van der Waals surface area contributed by atoms with Gasteiger partial charge in [-0.1, -0.05) is 98.3 Å². The largest absolute Gasteiger partial charge is 0.496 e. The van der Waals surface area contributed by atoms with Crippen LogP contribution in [-0.2, 0) is 37.1 Å². The smallest absolute Gasteiger partial charge is 0.254 e. The lowest BCUT2D eigenvalue weighted by molar-refractivity contribution is -0.147. The fourth-order valence-corrected chi connectivity index (χ4v) is 9.19. The number of likely N-dealkylation sites (tertiary alicyclic amines) is 1. The number of nitrogens with zero attached hydrogens (tertiary/aromatic N) is 4. The number of benzene rings is 3. The molecule has 73 heavy (non-hydrogen) atoms. The molecule has 1 aliphatic heterocycles. The van der Waals surface area contributed by atoms with Gasteiger partial charge in [0.15, 0.2) is 5.78 Å². The van der Waals surface area contributed by atoms with E-state index in [2.05, 4.69) is 39.9 Å². The Bertz CT molecular complexity index is 2140. The molecule has 0 aromatic heterocycles. The molecule has 1 aliphatic carbocycles. The van der Waals surface area contributed by atoms with Crippen molar-refractivity contribution in [1.29, 1.82) is 0 Å². The van der Waals surface area contributed by atoms with Crippen molar-refractivity contribution in [2.75, 3.05) is 68.6 Å². The fourth-order valence-electron chi connectivity index (χ4n) is 9.19. The average molecular weight is 1010 g/mol. The molecule has 406 valence electrons. The second-order valence-corrected chi connectivity index (χ2v) is 19.9. The van der Waals surface area contributed by atoms with Crippen molar-refractivity contribution in [3.63, 3.8) is 0 Å². The molecule has 5 rings (SSSR count). The molecule has 5 atom stereocenters. The molecule has 0 radical (unpaired) electrons. The van der Waals surface area contributed by atoms with Crippen LogP contribution >= 0.6 is 0 Å². The molecule has 1 heterocycles. The van der Waals surface area contributed by atoms with Crippen molar-refractivity contribution in [3.8, 4) is 17.2 Å². The number of ether oxygens (including phenoxy) is 3. The number of carbonyl (C=O) groups excluding carboxylic acids is 6. The van der Waals surface area contributed by atoms with Gasteiger partial charge in [0.2, 0.25) is 17.7 Å². The average Bonchev–Trinajstić information content (AvgIpc) is 3.82. The molecule has 14 heteroatoms. The third kappa shape index (κ3) is 18.9. The van der Waals surface area contributed by atoms with Gasteiger partial charge in [-0.15, -0.1) is 0 Å². The van der Waals surface area contributed by atoms with Crippen LogP contribution in [0.4, 0.5) is 0 Å². The van der Waals surface area contributed by atoms with Gasteiger partial charge in [-0.25, -0.2) is 0 Å². The van der Waals surface area contributed by atoms with Crippen molar-refractivity contribution < 1.29 is 43.0 Å². The van der Waals surface area contributed by atoms with E-state index in [1.807, 2.05) is 118 Å². The molecule has 1 fully saturated rings. The Morgan fingerprint density at radius 2 is 1.36 bits per heavy atom. The highest BCUT2D eigenvalue weighted by Crippen LogP contribution is 2.46. The zero-order valence-corrected chi connectivity index (χ0v) is 47.1. The van der Waals surface area contributed by atoms with E-state index in [4.69, 9.17) is 19.0 Å². The lowest BCUT2D eigenvalue weighted by atomic mass is 9.65. The van der Waals surface area contributed by atoms with Gasteiger partial charge in [0.1, 0.15) is 36.6 Å². The minimum absolute atomic E-state index is 0.0383. The summed E-state index contributed by atoms with van der Waals surface area (Å²) in [4.78, 5) is 85.5. The summed E-state index contributed by atoms with van der Waals surface area (Å²) in [6, 6.07) is 17.0. The Morgan fingerprint density at radius 1 is 0.795 bits per heavy atom. The van der Waals surface area contributed by atoms with Crippen molar-refractivity contribution in [1.82, 2.24) is 24.9 Å². The molecule has 5 unspecified atom stereocenters. The van der Waals surface area contributed by atoms with Crippen molar-refractivity contribution in [3.05, 3.63) is 88.0 Å². The fraction of sp³-hybridized carbons (Fsp3) is 0.593. The van der Waals surface area contributed by atoms with E-state index in [1.54, 1.807) is 14.2 Å². The number of likely N-dealkylation sites (N-methyl/N-ethyl adjacent to an activating group) is 1. The van der Waals surface area contributed by atoms with Crippen LogP contribution in [0.1, 0.15) is 163 Å². The van der Waals surface area contributed by atoms with E-state index in [0.717, 1.165) is 74.6 Å². The summed E-state index contributed by atoms with van der Waals surface area (Å²) in [6.07, 6.45) is 10.4. The first-order valence-corrected chi connectivity index (χ1v) is 26.5. The van der Waals surface area contributed by atoms with E-state index in [-0.39, 0.29) is 43.3 Å². The van der Waals surface area contributed by atoms with Gasteiger partial charge in [-0.2, -0.15) is 0 Å². The Hall–Kier alpha value is -5.76. The molecule has 1 N–H and O–H groups in total. The predicted molar refractivity (Wildman–Crippen MR) is 292 cm³/mol. The normalized spacial score (nSPS) is 17.0. The highest BCUT2D eigenvalue weighted by atomic mass is 16.5. The minimum Gasteiger partial charge on any atom is -0.496 e. The molecule has 0 bridgehead atoms. The first-order chi connectivity index (χ1) is 34.9. The first kappa shape index (κ1) is 63.4. The summed E-state index contributed by atoms with van der Waals surface area (Å²) in [5, 5.41) is 2.88. The molecule has 14 nitrogen and oxygen atoms in total. The number of hydrogen-bond donors (Lipinski definition) is 1. The molecular weight excluding hydrogens is 923 g/mol. The van der Waals surface area contributed by atoms with Crippen LogP contribution in [-0.4, -0.2) is 130 Å². The second kappa shape index (κ2) is 33.1. The summed E-state index contributed by atoms with van der Waals surface area (Å²) >= 11 is 0. The number of fused-ring (bicyclic) bond motifs is 1. The summed E-state index contributed by atoms with van der Waals surface area (Å²) in [7, 11) is 10.6. The Balaban J connectivity index is 0.00000168. The molecule has 3 aromatic rings. The third-order valence-corrected chi connectivity index (χ3v) is 13.4. The van der Waals surface area contributed by atoms with Crippen molar-refractivity contribution in [2.24, 2.45) is 11.8 Å². The van der Waals surface area contributed by atoms with Crippen LogP contribution < -0.4 is 19.5 Å². The van der Waals surface area contributed by atoms with Crippen molar-refractivity contribution >= 4 is 36.2 Å². The number of unbranched alkanes of at least 4 members (excludes halogenated alkanes) is 5. The number of rotatable bonds is 22. The standard InChI is InChI=1S/C51H70N4O8.C4H10.C3H9N.CH2O/c1-10-12-14-24-54(25-15-13-11-2)49(58)36(6)46-41-29-39(63-32-37-18-20-38(21-19-37)50(59)55-26-16-17-34(55)4)22-23-40(41)35(5)47(48(46)57)51(60)53(7)31-45(56)52-30-42-43(61-8)27-33(3)28-44(42)62-9;1-3-4-2;1-4(2)3;1-2/h18-23,27-29,34-36,46-47H,10-17,24-26,30-32H2,1-9H3,(H,52,56);3-4H2,1-2H3;1-3H3;1H2. The maximum Gasteiger partial charge on any atom is 0.254 e. The lowest BCUT2D eigenvalue weighted by Gasteiger charge is -2.39. The van der Waals surface area contributed by atoms with Crippen molar-refractivity contribution in [2.45, 2.75) is 151 Å². The van der Waals surface area contributed by atoms with E-state index in [1.165, 1.54) is 24.8 Å². The number of carbonyl (C=O) groups is 6. The maximum absolute atomic E-state index is 15.0. The highest BCUT2D eigenvalue weighted by molar-refractivity contribution is 6.08.